The highest BCUT2D eigenvalue weighted by molar-refractivity contribution is 7.92. The van der Waals surface area contributed by atoms with Gasteiger partial charge in [-0.1, -0.05) is 48.5 Å². The lowest BCUT2D eigenvalue weighted by Gasteiger charge is -2.36. The minimum Gasteiger partial charge on any atom is -0.339 e. The van der Waals surface area contributed by atoms with Crippen molar-refractivity contribution in [3.05, 3.63) is 101 Å². The average Bonchev–Trinajstić information content (AvgIpc) is 2.88. The molecule has 35 heavy (non-hydrogen) atoms. The number of nitrogens with zero attached hydrogens (tertiary/aromatic N) is 4. The predicted octanol–water partition coefficient (Wildman–Crippen LogP) is 3.13. The Bertz CT molecular complexity index is 1260. The number of amides is 1. The molecule has 1 aliphatic rings. The molecule has 1 heterocycles. The second kappa shape index (κ2) is 10.7. The lowest BCUT2D eigenvalue weighted by molar-refractivity contribution is -0.384. The van der Waals surface area contributed by atoms with Crippen molar-refractivity contribution in [2.45, 2.75) is 11.4 Å². The standard InChI is InChI=1S/C25H26N4O5S/c30-25(27-17-15-26(16-18-27)19-21-7-3-1-4-8-21)20-28(22-11-13-23(14-12-22)29(31)32)35(33,34)24-9-5-2-6-10-24/h1-14H,15-20H2. The molecule has 9 nitrogen and oxygen atoms in total. The number of carbonyl (C=O) groups is 1. The summed E-state index contributed by atoms with van der Waals surface area (Å²) in [6.07, 6.45) is 0. The average molecular weight is 495 g/mol. The van der Waals surface area contributed by atoms with Crippen LogP contribution in [0, 0.1) is 10.1 Å². The van der Waals surface area contributed by atoms with E-state index in [2.05, 4.69) is 17.0 Å². The van der Waals surface area contributed by atoms with E-state index in [1.807, 2.05) is 18.2 Å². The first-order chi connectivity index (χ1) is 16.8. The van der Waals surface area contributed by atoms with Gasteiger partial charge in [-0.15, -0.1) is 0 Å². The Morgan fingerprint density at radius 2 is 1.43 bits per heavy atom. The van der Waals surface area contributed by atoms with Crippen LogP contribution in [0.5, 0.6) is 0 Å². The molecule has 0 atom stereocenters. The van der Waals surface area contributed by atoms with E-state index in [0.29, 0.717) is 26.2 Å². The molecule has 0 radical (unpaired) electrons. The molecule has 1 amide bonds. The third kappa shape index (κ3) is 5.84. The number of anilines is 1. The third-order valence-electron chi connectivity index (χ3n) is 5.93. The van der Waals surface area contributed by atoms with Crippen molar-refractivity contribution in [3.63, 3.8) is 0 Å². The predicted molar refractivity (Wildman–Crippen MR) is 132 cm³/mol. The van der Waals surface area contributed by atoms with Crippen molar-refractivity contribution in [1.82, 2.24) is 9.80 Å². The Balaban J connectivity index is 1.50. The van der Waals surface area contributed by atoms with Gasteiger partial charge < -0.3 is 4.90 Å². The molecule has 1 aliphatic heterocycles. The van der Waals surface area contributed by atoms with E-state index in [9.17, 15) is 23.3 Å². The summed E-state index contributed by atoms with van der Waals surface area (Å²) in [7, 11) is -4.07. The minimum absolute atomic E-state index is 0.0406. The summed E-state index contributed by atoms with van der Waals surface area (Å²) in [5.74, 6) is -0.317. The fraction of sp³-hybridized carbons (Fsp3) is 0.240. The Morgan fingerprint density at radius 1 is 0.857 bits per heavy atom. The van der Waals surface area contributed by atoms with Crippen LogP contribution in [0.2, 0.25) is 0 Å². The van der Waals surface area contributed by atoms with Gasteiger partial charge in [0.2, 0.25) is 5.91 Å². The fourth-order valence-corrected chi connectivity index (χ4v) is 5.43. The van der Waals surface area contributed by atoms with Crippen LogP contribution < -0.4 is 4.31 Å². The van der Waals surface area contributed by atoms with Crippen molar-refractivity contribution < 1.29 is 18.1 Å². The maximum atomic E-state index is 13.4. The summed E-state index contributed by atoms with van der Waals surface area (Å²) in [6, 6.07) is 23.1. The van der Waals surface area contributed by atoms with Crippen LogP contribution in [0.15, 0.2) is 89.8 Å². The Hall–Kier alpha value is -3.76. The van der Waals surface area contributed by atoms with Gasteiger partial charge in [0.15, 0.2) is 0 Å². The summed E-state index contributed by atoms with van der Waals surface area (Å²) in [5, 5.41) is 11.0. The first kappa shape index (κ1) is 24.4. The van der Waals surface area contributed by atoms with E-state index in [1.165, 1.54) is 42.0 Å². The van der Waals surface area contributed by atoms with Crippen molar-refractivity contribution in [2.24, 2.45) is 0 Å². The quantitative estimate of drug-likeness (QED) is 0.352. The van der Waals surface area contributed by atoms with Gasteiger partial charge in [-0.25, -0.2) is 8.42 Å². The SMILES string of the molecule is O=C(CN(c1ccc([N+](=O)[O-])cc1)S(=O)(=O)c1ccccc1)N1CCN(Cc2ccccc2)CC1. The molecule has 0 aliphatic carbocycles. The van der Waals surface area contributed by atoms with Gasteiger partial charge in [0.25, 0.3) is 15.7 Å². The summed E-state index contributed by atoms with van der Waals surface area (Å²) in [4.78, 5) is 27.6. The van der Waals surface area contributed by atoms with Gasteiger partial charge in [0.05, 0.1) is 15.5 Å². The number of benzene rings is 3. The van der Waals surface area contributed by atoms with Crippen LogP contribution in [-0.4, -0.2) is 61.8 Å². The molecule has 1 saturated heterocycles. The first-order valence-electron chi connectivity index (χ1n) is 11.2. The van der Waals surface area contributed by atoms with Gasteiger partial charge in [0.1, 0.15) is 6.54 Å². The molecule has 0 aromatic heterocycles. The number of sulfonamides is 1. The van der Waals surface area contributed by atoms with Crippen LogP contribution in [0.25, 0.3) is 0 Å². The zero-order valence-corrected chi connectivity index (χ0v) is 19.9. The van der Waals surface area contributed by atoms with Crippen molar-refractivity contribution in [2.75, 3.05) is 37.0 Å². The first-order valence-corrected chi connectivity index (χ1v) is 12.6. The molecule has 0 N–H and O–H groups in total. The smallest absolute Gasteiger partial charge is 0.269 e. The van der Waals surface area contributed by atoms with E-state index in [1.54, 1.807) is 23.1 Å². The molecular weight excluding hydrogens is 468 g/mol. The number of hydrogen-bond donors (Lipinski definition) is 0. The molecule has 10 heteroatoms. The van der Waals surface area contributed by atoms with E-state index >= 15 is 0 Å². The number of hydrogen-bond acceptors (Lipinski definition) is 6. The van der Waals surface area contributed by atoms with Gasteiger partial charge in [-0.05, 0) is 29.8 Å². The minimum atomic E-state index is -4.07. The van der Waals surface area contributed by atoms with Crippen LogP contribution in [0.3, 0.4) is 0 Å². The highest BCUT2D eigenvalue weighted by Gasteiger charge is 2.30. The van der Waals surface area contributed by atoms with Gasteiger partial charge in [-0.3, -0.25) is 24.1 Å². The van der Waals surface area contributed by atoms with Crippen molar-refractivity contribution in [1.29, 1.82) is 0 Å². The zero-order valence-electron chi connectivity index (χ0n) is 19.1. The molecule has 0 bridgehead atoms. The highest BCUT2D eigenvalue weighted by Crippen LogP contribution is 2.26. The number of non-ortho nitro benzene ring substituents is 1. The fourth-order valence-electron chi connectivity index (χ4n) is 4.00. The van der Waals surface area contributed by atoms with Gasteiger partial charge in [-0.2, -0.15) is 0 Å². The number of nitro groups is 1. The second-order valence-electron chi connectivity index (χ2n) is 8.24. The maximum absolute atomic E-state index is 13.4. The lowest BCUT2D eigenvalue weighted by atomic mass is 10.2. The van der Waals surface area contributed by atoms with Crippen LogP contribution in [-0.2, 0) is 21.4 Å². The summed E-state index contributed by atoms with van der Waals surface area (Å²) in [5.41, 5.74) is 1.23. The van der Waals surface area contributed by atoms with Crippen molar-refractivity contribution >= 4 is 27.3 Å². The maximum Gasteiger partial charge on any atom is 0.269 e. The van der Waals surface area contributed by atoms with E-state index < -0.39 is 21.5 Å². The van der Waals surface area contributed by atoms with Crippen molar-refractivity contribution in [3.8, 4) is 0 Å². The molecule has 182 valence electrons. The molecule has 4 rings (SSSR count). The number of carbonyl (C=O) groups excluding carboxylic acids is 1. The summed E-state index contributed by atoms with van der Waals surface area (Å²) in [6.45, 7) is 2.75. The Labute approximate surface area is 204 Å². The molecule has 0 spiro atoms. The molecule has 1 fully saturated rings. The van der Waals surface area contributed by atoms with E-state index in [-0.39, 0.29) is 22.2 Å². The number of nitro benzene ring substituents is 1. The monoisotopic (exact) mass is 494 g/mol. The zero-order chi connectivity index (χ0) is 24.8. The van der Waals surface area contributed by atoms with Crippen LogP contribution in [0.1, 0.15) is 5.56 Å². The topological polar surface area (TPSA) is 104 Å². The highest BCUT2D eigenvalue weighted by atomic mass is 32.2. The second-order valence-corrected chi connectivity index (χ2v) is 10.1. The van der Waals surface area contributed by atoms with Gasteiger partial charge >= 0.3 is 0 Å². The Kier molecular flexibility index (Phi) is 7.42. The molecule has 0 unspecified atom stereocenters. The van der Waals surface area contributed by atoms with Crippen LogP contribution >= 0.6 is 0 Å². The number of rotatable bonds is 8. The summed E-state index contributed by atoms with van der Waals surface area (Å²) >= 11 is 0. The van der Waals surface area contributed by atoms with E-state index in [4.69, 9.17) is 0 Å². The normalized spacial score (nSPS) is 14.5. The van der Waals surface area contributed by atoms with E-state index in [0.717, 1.165) is 10.8 Å². The molecule has 3 aromatic carbocycles. The van der Waals surface area contributed by atoms with Crippen LogP contribution in [0.4, 0.5) is 11.4 Å². The third-order valence-corrected chi connectivity index (χ3v) is 7.72. The molecule has 0 saturated carbocycles. The van der Waals surface area contributed by atoms with Gasteiger partial charge in [0, 0.05) is 44.9 Å². The Morgan fingerprint density at radius 3 is 2.00 bits per heavy atom. The lowest BCUT2D eigenvalue weighted by Crippen LogP contribution is -2.51. The molecule has 3 aromatic rings. The summed E-state index contributed by atoms with van der Waals surface area (Å²) < 4.78 is 27.9. The molecular formula is C25H26N4O5S. The number of piperazine rings is 1. The largest absolute Gasteiger partial charge is 0.339 e.